The quantitative estimate of drug-likeness (QED) is 0.755. The molecule has 3 rings (SSSR count). The van der Waals surface area contributed by atoms with E-state index in [0.717, 1.165) is 18.7 Å². The van der Waals surface area contributed by atoms with Crippen molar-refractivity contribution in [3.8, 4) is 5.75 Å². The van der Waals surface area contributed by atoms with Crippen LogP contribution < -0.4 is 10.1 Å². The predicted octanol–water partition coefficient (Wildman–Crippen LogP) is 1.30. The number of halogens is 1. The Hall–Kier alpha value is -1.59. The van der Waals surface area contributed by atoms with Crippen molar-refractivity contribution in [3.63, 3.8) is 0 Å². The molecule has 1 aromatic carbocycles. The number of likely N-dealkylation sites (N-methyl/N-ethyl adjacent to an activating group) is 1. The van der Waals surface area contributed by atoms with Gasteiger partial charge in [0, 0.05) is 63.4 Å². The maximum absolute atomic E-state index is 12.9. The van der Waals surface area contributed by atoms with Crippen LogP contribution in [0.3, 0.4) is 0 Å². The molecule has 2 aliphatic rings. The molecule has 0 spiro atoms. The summed E-state index contributed by atoms with van der Waals surface area (Å²) in [6.07, 6.45) is 0. The Bertz CT molecular complexity index is 850. The van der Waals surface area contributed by atoms with Crippen LogP contribution in [-0.4, -0.2) is 99.4 Å². The van der Waals surface area contributed by atoms with E-state index < -0.39 is 10.2 Å². The van der Waals surface area contributed by atoms with Gasteiger partial charge in [-0.1, -0.05) is 11.6 Å². The minimum atomic E-state index is -3.49. The molecule has 0 aliphatic carbocycles. The number of amides is 2. The Balaban J connectivity index is 1.59. The fraction of sp³-hybridized carbons (Fsp3) is 0.611. The zero-order valence-electron chi connectivity index (χ0n) is 17.0. The molecule has 0 saturated carbocycles. The smallest absolute Gasteiger partial charge is 0.322 e. The van der Waals surface area contributed by atoms with Gasteiger partial charge in [-0.05, 0) is 25.6 Å². The van der Waals surface area contributed by atoms with E-state index in [-0.39, 0.29) is 19.1 Å². The topological polar surface area (TPSA) is 85.4 Å². The average Bonchev–Trinajstić information content (AvgIpc) is 2.71. The minimum absolute atomic E-state index is 0.277. The number of rotatable bonds is 4. The Morgan fingerprint density at radius 3 is 2.14 bits per heavy atom. The molecule has 1 N–H and O–H groups in total. The summed E-state index contributed by atoms with van der Waals surface area (Å²) in [5.74, 6) is 0.477. The molecule has 162 valence electrons. The molecule has 1 aromatic rings. The molecular weight excluding hydrogens is 418 g/mol. The maximum atomic E-state index is 12.9. The lowest BCUT2D eigenvalue weighted by Crippen LogP contribution is -2.57. The number of carbonyl (C=O) groups is 1. The van der Waals surface area contributed by atoms with E-state index in [4.69, 9.17) is 16.3 Å². The second kappa shape index (κ2) is 9.05. The molecule has 0 unspecified atom stereocenters. The molecule has 2 amide bonds. The first-order valence-corrected chi connectivity index (χ1v) is 11.3. The van der Waals surface area contributed by atoms with E-state index in [2.05, 4.69) is 10.2 Å². The summed E-state index contributed by atoms with van der Waals surface area (Å²) < 4.78 is 34.0. The third-order valence-electron chi connectivity index (χ3n) is 5.36. The van der Waals surface area contributed by atoms with Gasteiger partial charge in [0.2, 0.25) is 0 Å². The number of methoxy groups -OCH3 is 1. The number of ether oxygens (including phenoxy) is 1. The molecule has 0 aromatic heterocycles. The number of carbonyl (C=O) groups excluding carboxylic acids is 1. The zero-order valence-corrected chi connectivity index (χ0v) is 18.6. The summed E-state index contributed by atoms with van der Waals surface area (Å²) in [7, 11) is 0.00655. The molecule has 9 nitrogen and oxygen atoms in total. The van der Waals surface area contributed by atoms with Crippen LogP contribution in [0.5, 0.6) is 5.75 Å². The Morgan fingerprint density at radius 1 is 1.03 bits per heavy atom. The van der Waals surface area contributed by atoms with E-state index >= 15 is 0 Å². The van der Waals surface area contributed by atoms with Gasteiger partial charge in [0.05, 0.1) is 12.8 Å². The van der Waals surface area contributed by atoms with Gasteiger partial charge >= 0.3 is 6.03 Å². The van der Waals surface area contributed by atoms with Crippen LogP contribution in [0.1, 0.15) is 5.56 Å². The van der Waals surface area contributed by atoms with Crippen molar-refractivity contribution < 1.29 is 17.9 Å². The van der Waals surface area contributed by atoms with Crippen LogP contribution in [0.2, 0.25) is 5.02 Å². The van der Waals surface area contributed by atoms with Crippen molar-refractivity contribution in [3.05, 3.63) is 22.7 Å². The number of hydrogen-bond acceptors (Lipinski definition) is 5. The minimum Gasteiger partial charge on any atom is -0.495 e. The van der Waals surface area contributed by atoms with E-state index in [1.54, 1.807) is 17.0 Å². The normalized spacial score (nSPS) is 19.9. The Kier molecular flexibility index (Phi) is 6.90. The number of nitrogens with one attached hydrogen (secondary N) is 1. The van der Waals surface area contributed by atoms with E-state index in [9.17, 15) is 13.2 Å². The molecule has 29 heavy (non-hydrogen) atoms. The highest BCUT2D eigenvalue weighted by Gasteiger charge is 2.34. The average molecular weight is 446 g/mol. The third kappa shape index (κ3) is 4.95. The van der Waals surface area contributed by atoms with Crippen molar-refractivity contribution in [2.45, 2.75) is 6.92 Å². The third-order valence-corrected chi connectivity index (χ3v) is 7.81. The van der Waals surface area contributed by atoms with Crippen LogP contribution in [-0.2, 0) is 10.2 Å². The van der Waals surface area contributed by atoms with E-state index in [1.807, 2.05) is 14.0 Å². The molecule has 0 radical (unpaired) electrons. The summed E-state index contributed by atoms with van der Waals surface area (Å²) in [6, 6.07) is 3.13. The molecule has 2 saturated heterocycles. The van der Waals surface area contributed by atoms with E-state index in [0.29, 0.717) is 42.6 Å². The predicted molar refractivity (Wildman–Crippen MR) is 113 cm³/mol. The van der Waals surface area contributed by atoms with Gasteiger partial charge < -0.3 is 19.9 Å². The number of piperazine rings is 2. The second-order valence-corrected chi connectivity index (χ2v) is 9.66. The van der Waals surface area contributed by atoms with Gasteiger partial charge in [-0.15, -0.1) is 0 Å². The summed E-state index contributed by atoms with van der Waals surface area (Å²) in [6.45, 7) is 5.50. The van der Waals surface area contributed by atoms with Crippen molar-refractivity contribution >= 4 is 33.5 Å². The largest absolute Gasteiger partial charge is 0.495 e. The zero-order chi connectivity index (χ0) is 21.2. The number of urea groups is 1. The van der Waals surface area contributed by atoms with Crippen LogP contribution in [0, 0.1) is 6.92 Å². The van der Waals surface area contributed by atoms with Gasteiger partial charge in [0.1, 0.15) is 5.75 Å². The SMILES string of the molecule is COc1cc(Cl)c(C)cc1NC(=O)N1CCN(S(=O)(=O)N2CCN(C)CC2)CC1. The van der Waals surface area contributed by atoms with Crippen LogP contribution in [0.15, 0.2) is 12.1 Å². The van der Waals surface area contributed by atoms with Crippen molar-refractivity contribution in [2.75, 3.05) is 71.8 Å². The first-order valence-electron chi connectivity index (χ1n) is 9.56. The molecule has 2 aliphatic heterocycles. The summed E-state index contributed by atoms with van der Waals surface area (Å²) >= 11 is 6.11. The standard InChI is InChI=1S/C18H28ClN5O4S/c1-14-12-16(17(28-3)13-15(14)19)20-18(25)22-6-10-24(11-7-22)29(26,27)23-8-4-21(2)5-9-23/h12-13H,4-11H2,1-3H3,(H,20,25). The highest BCUT2D eigenvalue weighted by atomic mass is 35.5. The van der Waals surface area contributed by atoms with E-state index in [1.165, 1.54) is 15.7 Å². The molecule has 2 fully saturated rings. The van der Waals surface area contributed by atoms with Crippen LogP contribution in [0.25, 0.3) is 0 Å². The second-order valence-electron chi connectivity index (χ2n) is 7.33. The highest BCUT2D eigenvalue weighted by molar-refractivity contribution is 7.86. The fourth-order valence-corrected chi connectivity index (χ4v) is 5.16. The molecular formula is C18H28ClN5O4S. The van der Waals surface area contributed by atoms with Gasteiger partial charge in [-0.25, -0.2) is 4.79 Å². The van der Waals surface area contributed by atoms with Crippen molar-refractivity contribution in [2.24, 2.45) is 0 Å². The Labute approximate surface area is 177 Å². The number of anilines is 1. The van der Waals surface area contributed by atoms with Gasteiger partial charge in [0.25, 0.3) is 10.2 Å². The van der Waals surface area contributed by atoms with Crippen LogP contribution >= 0.6 is 11.6 Å². The fourth-order valence-electron chi connectivity index (χ4n) is 3.43. The number of hydrogen-bond donors (Lipinski definition) is 1. The first-order chi connectivity index (χ1) is 13.7. The summed E-state index contributed by atoms with van der Waals surface area (Å²) in [5.41, 5.74) is 1.36. The Morgan fingerprint density at radius 2 is 1.59 bits per heavy atom. The summed E-state index contributed by atoms with van der Waals surface area (Å²) in [5, 5.41) is 3.40. The highest BCUT2D eigenvalue weighted by Crippen LogP contribution is 2.31. The van der Waals surface area contributed by atoms with Crippen molar-refractivity contribution in [1.82, 2.24) is 18.4 Å². The summed E-state index contributed by atoms with van der Waals surface area (Å²) in [4.78, 5) is 16.4. The first kappa shape index (κ1) is 22.1. The lowest BCUT2D eigenvalue weighted by atomic mass is 10.2. The molecule has 0 atom stereocenters. The molecule has 0 bridgehead atoms. The monoisotopic (exact) mass is 445 g/mol. The molecule has 11 heteroatoms. The lowest BCUT2D eigenvalue weighted by Gasteiger charge is -2.39. The van der Waals surface area contributed by atoms with Crippen LogP contribution in [0.4, 0.5) is 10.5 Å². The molecule has 2 heterocycles. The van der Waals surface area contributed by atoms with Crippen molar-refractivity contribution in [1.29, 1.82) is 0 Å². The number of nitrogens with zero attached hydrogens (tertiary/aromatic N) is 4. The number of aryl methyl sites for hydroxylation is 1. The lowest BCUT2D eigenvalue weighted by molar-refractivity contribution is 0.173. The van der Waals surface area contributed by atoms with Gasteiger partial charge in [0.15, 0.2) is 0 Å². The van der Waals surface area contributed by atoms with Gasteiger partial charge in [-0.2, -0.15) is 17.0 Å². The van der Waals surface area contributed by atoms with Gasteiger partial charge in [-0.3, -0.25) is 0 Å². The maximum Gasteiger partial charge on any atom is 0.322 e. The number of benzene rings is 1.